The number of aromatic amines is 1. The number of likely N-dealkylation sites (tertiary alicyclic amines) is 1. The van der Waals surface area contributed by atoms with Crippen LogP contribution in [0.15, 0.2) is 25.0 Å². The Morgan fingerprint density at radius 1 is 1.41 bits per heavy atom. The number of rotatable bonds is 4. The first-order valence-corrected chi connectivity index (χ1v) is 10.3. The maximum atomic E-state index is 12.2. The van der Waals surface area contributed by atoms with Crippen LogP contribution in [0.25, 0.3) is 11.0 Å². The van der Waals surface area contributed by atoms with Gasteiger partial charge in [0, 0.05) is 49.6 Å². The van der Waals surface area contributed by atoms with Crippen molar-refractivity contribution in [1.82, 2.24) is 14.9 Å². The predicted octanol–water partition coefficient (Wildman–Crippen LogP) is 3.31. The van der Waals surface area contributed by atoms with E-state index in [0.29, 0.717) is 18.0 Å². The lowest BCUT2D eigenvalue weighted by atomic mass is 9.90. The van der Waals surface area contributed by atoms with Crippen molar-refractivity contribution >= 4 is 22.6 Å². The summed E-state index contributed by atoms with van der Waals surface area (Å²) in [6.07, 6.45) is 8.79. The van der Waals surface area contributed by atoms with Crippen molar-refractivity contribution in [1.29, 1.82) is 5.26 Å². The van der Waals surface area contributed by atoms with Crippen molar-refractivity contribution in [3.8, 4) is 6.07 Å². The second-order valence-corrected chi connectivity index (χ2v) is 7.98. The van der Waals surface area contributed by atoms with Crippen LogP contribution >= 0.6 is 0 Å². The van der Waals surface area contributed by atoms with Gasteiger partial charge in [0.1, 0.15) is 11.7 Å². The largest absolute Gasteiger partial charge is 0.381 e. The van der Waals surface area contributed by atoms with Crippen LogP contribution < -0.4 is 5.32 Å². The fraction of sp³-hybridized carbons (Fsp3) is 0.500. The Kier molecular flexibility index (Phi) is 5.54. The number of hydrogen-bond donors (Lipinski definition) is 2. The summed E-state index contributed by atoms with van der Waals surface area (Å²) >= 11 is 0. The third-order valence-corrected chi connectivity index (χ3v) is 6.20. The molecule has 0 aliphatic carbocycles. The Morgan fingerprint density at radius 3 is 2.93 bits per heavy atom. The van der Waals surface area contributed by atoms with Gasteiger partial charge in [-0.2, -0.15) is 5.26 Å². The Labute approximate surface area is 170 Å². The van der Waals surface area contributed by atoms with E-state index in [4.69, 9.17) is 4.74 Å². The Balaban J connectivity index is 1.69. The molecule has 0 radical (unpaired) electrons. The van der Waals surface area contributed by atoms with E-state index in [2.05, 4.69) is 34.9 Å². The Bertz CT molecular complexity index is 954. The van der Waals surface area contributed by atoms with Gasteiger partial charge in [-0.1, -0.05) is 6.58 Å². The van der Waals surface area contributed by atoms with E-state index in [0.717, 1.165) is 55.6 Å². The van der Waals surface area contributed by atoms with E-state index in [1.807, 2.05) is 11.1 Å². The number of carbonyl (C=O) groups excluding carboxylic acids is 1. The summed E-state index contributed by atoms with van der Waals surface area (Å²) in [7, 11) is 0. The lowest BCUT2D eigenvalue weighted by molar-refractivity contribution is -0.129. The molecule has 0 spiro atoms. The number of ether oxygens (including phenoxy) is 1. The SMILES string of the molecule is C=CC(=O)N1C[C@H](Nc2c(C#N)cnc3[nH]cc(C4CCOCC4)c23)CC[C@@H]1C. The van der Waals surface area contributed by atoms with Gasteiger partial charge in [-0.15, -0.1) is 0 Å². The highest BCUT2D eigenvalue weighted by Gasteiger charge is 2.29. The van der Waals surface area contributed by atoms with Crippen LogP contribution in [-0.4, -0.2) is 52.6 Å². The highest BCUT2D eigenvalue weighted by molar-refractivity contribution is 5.96. The minimum atomic E-state index is -0.0473. The molecule has 4 heterocycles. The number of hydrogen-bond acceptors (Lipinski definition) is 5. The quantitative estimate of drug-likeness (QED) is 0.777. The number of carbonyl (C=O) groups is 1. The normalized spacial score (nSPS) is 23.0. The maximum Gasteiger partial charge on any atom is 0.246 e. The molecule has 1 amide bonds. The van der Waals surface area contributed by atoms with Crippen LogP contribution in [0.5, 0.6) is 0 Å². The van der Waals surface area contributed by atoms with Crippen molar-refractivity contribution in [2.45, 2.75) is 50.6 Å². The number of fused-ring (bicyclic) bond motifs is 1. The summed E-state index contributed by atoms with van der Waals surface area (Å²) in [5.74, 6) is 0.341. The zero-order valence-corrected chi connectivity index (χ0v) is 16.8. The fourth-order valence-corrected chi connectivity index (χ4v) is 4.54. The highest BCUT2D eigenvalue weighted by Crippen LogP contribution is 2.37. The number of pyridine rings is 1. The summed E-state index contributed by atoms with van der Waals surface area (Å²) in [5, 5.41) is 14.3. The minimum absolute atomic E-state index is 0.0473. The topological polar surface area (TPSA) is 94.0 Å². The number of amides is 1. The average molecular weight is 393 g/mol. The van der Waals surface area contributed by atoms with Crippen molar-refractivity contribution in [3.05, 3.63) is 36.2 Å². The van der Waals surface area contributed by atoms with E-state index in [1.54, 1.807) is 6.20 Å². The van der Waals surface area contributed by atoms with Crippen molar-refractivity contribution < 1.29 is 9.53 Å². The molecule has 2 saturated heterocycles. The van der Waals surface area contributed by atoms with Crippen LogP contribution in [0.3, 0.4) is 0 Å². The molecule has 2 fully saturated rings. The van der Waals surface area contributed by atoms with E-state index in [9.17, 15) is 10.1 Å². The van der Waals surface area contributed by atoms with Gasteiger partial charge in [-0.3, -0.25) is 4.79 Å². The van der Waals surface area contributed by atoms with Crippen molar-refractivity contribution in [2.24, 2.45) is 0 Å². The van der Waals surface area contributed by atoms with Gasteiger partial charge in [0.05, 0.1) is 11.3 Å². The number of aromatic nitrogens is 2. The van der Waals surface area contributed by atoms with Gasteiger partial charge in [-0.05, 0) is 50.2 Å². The van der Waals surface area contributed by atoms with Gasteiger partial charge >= 0.3 is 0 Å². The Hall–Kier alpha value is -2.85. The number of nitrogens with zero attached hydrogens (tertiary/aromatic N) is 3. The van der Waals surface area contributed by atoms with E-state index < -0.39 is 0 Å². The molecule has 29 heavy (non-hydrogen) atoms. The lowest BCUT2D eigenvalue weighted by Crippen LogP contribution is -2.49. The summed E-state index contributed by atoms with van der Waals surface area (Å²) < 4.78 is 5.52. The van der Waals surface area contributed by atoms with Crippen LogP contribution in [0.4, 0.5) is 5.69 Å². The second kappa shape index (κ2) is 8.26. The van der Waals surface area contributed by atoms with Crippen molar-refractivity contribution in [3.63, 3.8) is 0 Å². The molecule has 2 aliphatic rings. The molecule has 7 nitrogen and oxygen atoms in total. The molecule has 2 atom stereocenters. The van der Waals surface area contributed by atoms with Crippen LogP contribution in [-0.2, 0) is 9.53 Å². The molecule has 2 aromatic rings. The zero-order chi connectivity index (χ0) is 20.4. The number of nitriles is 1. The van der Waals surface area contributed by atoms with Crippen LogP contribution in [0, 0.1) is 11.3 Å². The number of piperidine rings is 1. The molecule has 0 aromatic carbocycles. The molecule has 7 heteroatoms. The maximum absolute atomic E-state index is 12.2. The molecular formula is C22H27N5O2. The number of anilines is 1. The first-order chi connectivity index (χ1) is 14.1. The van der Waals surface area contributed by atoms with E-state index in [-0.39, 0.29) is 18.0 Å². The monoisotopic (exact) mass is 393 g/mol. The molecule has 2 N–H and O–H groups in total. The molecule has 2 aromatic heterocycles. The molecule has 0 saturated carbocycles. The summed E-state index contributed by atoms with van der Waals surface area (Å²) in [6.45, 7) is 7.80. The summed E-state index contributed by atoms with van der Waals surface area (Å²) in [4.78, 5) is 21.8. The van der Waals surface area contributed by atoms with Crippen molar-refractivity contribution in [2.75, 3.05) is 25.1 Å². The number of H-pyrrole nitrogens is 1. The van der Waals surface area contributed by atoms with E-state index >= 15 is 0 Å². The lowest BCUT2D eigenvalue weighted by Gasteiger charge is -2.38. The zero-order valence-electron chi connectivity index (χ0n) is 16.8. The second-order valence-electron chi connectivity index (χ2n) is 7.98. The van der Waals surface area contributed by atoms with Gasteiger partial charge in [0.15, 0.2) is 0 Å². The molecule has 2 aliphatic heterocycles. The van der Waals surface area contributed by atoms with E-state index in [1.165, 1.54) is 11.6 Å². The standard InChI is InChI=1S/C22H27N5O2/c1-3-19(28)27-13-17(5-4-14(27)2)26-21-16(10-23)11-24-22-20(21)18(12-25-22)15-6-8-29-9-7-15/h3,11-12,14-15,17H,1,4-9,13H2,2H3,(H2,24,25,26)/t14-,17+/m0/s1. The third-order valence-electron chi connectivity index (χ3n) is 6.20. The summed E-state index contributed by atoms with van der Waals surface area (Å²) in [6, 6.07) is 2.56. The van der Waals surface area contributed by atoms with Gasteiger partial charge in [-0.25, -0.2) is 4.98 Å². The first kappa shape index (κ1) is 19.5. The highest BCUT2D eigenvalue weighted by atomic mass is 16.5. The van der Waals surface area contributed by atoms with Gasteiger partial charge < -0.3 is 19.9 Å². The molecule has 4 rings (SSSR count). The average Bonchev–Trinajstić information content (AvgIpc) is 3.20. The van der Waals surface area contributed by atoms with Gasteiger partial charge in [0.25, 0.3) is 0 Å². The summed E-state index contributed by atoms with van der Waals surface area (Å²) in [5.41, 5.74) is 3.34. The molecule has 0 bridgehead atoms. The Morgan fingerprint density at radius 2 is 2.21 bits per heavy atom. The predicted molar refractivity (Wildman–Crippen MR) is 112 cm³/mol. The smallest absolute Gasteiger partial charge is 0.246 e. The molecular weight excluding hydrogens is 366 g/mol. The van der Waals surface area contributed by atoms with Crippen LogP contribution in [0.1, 0.15) is 49.7 Å². The molecule has 152 valence electrons. The van der Waals surface area contributed by atoms with Crippen LogP contribution in [0.2, 0.25) is 0 Å². The minimum Gasteiger partial charge on any atom is -0.381 e. The molecule has 0 unspecified atom stereocenters. The first-order valence-electron chi connectivity index (χ1n) is 10.3. The van der Waals surface area contributed by atoms with Gasteiger partial charge in [0.2, 0.25) is 5.91 Å². The number of nitrogens with one attached hydrogen (secondary N) is 2. The fourth-order valence-electron chi connectivity index (χ4n) is 4.54. The third kappa shape index (κ3) is 3.73.